The maximum atomic E-state index is 12.7. The molecule has 1 atom stereocenters. The van der Waals surface area contributed by atoms with Gasteiger partial charge in [-0.2, -0.15) is 5.10 Å². The number of rotatable bonds is 6. The van der Waals surface area contributed by atoms with Crippen molar-refractivity contribution in [3.05, 3.63) is 16.4 Å². The van der Waals surface area contributed by atoms with Crippen molar-refractivity contribution in [3.8, 4) is 0 Å². The molecule has 0 saturated carbocycles. The van der Waals surface area contributed by atoms with E-state index in [2.05, 4.69) is 10.4 Å². The molecule has 0 aromatic carbocycles. The average molecular weight is 266 g/mol. The normalized spacial score (nSPS) is 13.4. The van der Waals surface area contributed by atoms with Crippen LogP contribution in [0.25, 0.3) is 0 Å². The van der Waals surface area contributed by atoms with Gasteiger partial charge < -0.3 is 5.32 Å². The highest BCUT2D eigenvalue weighted by molar-refractivity contribution is 6.31. The van der Waals surface area contributed by atoms with Gasteiger partial charge in [-0.3, -0.25) is 4.68 Å². The second-order valence-electron chi connectivity index (χ2n) is 3.81. The quantitative estimate of drug-likeness (QED) is 0.857. The van der Waals surface area contributed by atoms with Crippen LogP contribution in [0.15, 0.2) is 0 Å². The Kier molecular flexibility index (Phi) is 5.33. The van der Waals surface area contributed by atoms with Gasteiger partial charge in [0.05, 0.1) is 22.5 Å². The molecule has 3 nitrogen and oxygen atoms in total. The van der Waals surface area contributed by atoms with Crippen molar-refractivity contribution >= 4 is 11.6 Å². The van der Waals surface area contributed by atoms with Gasteiger partial charge in [-0.05, 0) is 20.4 Å². The van der Waals surface area contributed by atoms with Gasteiger partial charge in [0.1, 0.15) is 0 Å². The van der Waals surface area contributed by atoms with Gasteiger partial charge in [-0.25, -0.2) is 8.78 Å². The Bertz CT molecular complexity index is 366. The number of hydrogen-bond donors (Lipinski definition) is 1. The van der Waals surface area contributed by atoms with E-state index in [-0.39, 0.29) is 6.42 Å². The highest BCUT2D eigenvalue weighted by Crippen LogP contribution is 2.23. The van der Waals surface area contributed by atoms with Crippen LogP contribution >= 0.6 is 11.6 Å². The standard InChI is InChI=1S/C11H18ClF2N3/c1-4-7-10(12)9(17(5-2)16-7)6-8(15-3)11(13)14/h8,11,15H,4-6H2,1-3H3. The smallest absolute Gasteiger partial charge is 0.254 e. The Morgan fingerprint density at radius 1 is 1.41 bits per heavy atom. The SMILES string of the molecule is CCc1nn(CC)c(CC(NC)C(F)F)c1Cl. The largest absolute Gasteiger partial charge is 0.312 e. The van der Waals surface area contributed by atoms with Crippen LogP contribution in [0, 0.1) is 0 Å². The van der Waals surface area contributed by atoms with E-state index < -0.39 is 12.5 Å². The van der Waals surface area contributed by atoms with Crippen molar-refractivity contribution in [3.63, 3.8) is 0 Å². The van der Waals surface area contributed by atoms with Crippen LogP contribution in [0.3, 0.4) is 0 Å². The Balaban J connectivity index is 2.99. The lowest BCUT2D eigenvalue weighted by Crippen LogP contribution is -2.35. The maximum Gasteiger partial charge on any atom is 0.254 e. The van der Waals surface area contributed by atoms with E-state index in [0.29, 0.717) is 23.7 Å². The Hall–Kier alpha value is -0.680. The van der Waals surface area contributed by atoms with E-state index >= 15 is 0 Å². The van der Waals surface area contributed by atoms with E-state index in [0.717, 1.165) is 5.69 Å². The number of halogens is 3. The number of likely N-dealkylation sites (N-methyl/N-ethyl adjacent to an activating group) is 1. The zero-order chi connectivity index (χ0) is 13.0. The van der Waals surface area contributed by atoms with Crippen LogP contribution in [0.2, 0.25) is 5.02 Å². The summed E-state index contributed by atoms with van der Waals surface area (Å²) in [6.45, 7) is 4.50. The molecule has 0 spiro atoms. The summed E-state index contributed by atoms with van der Waals surface area (Å²) in [7, 11) is 1.53. The fourth-order valence-electron chi connectivity index (χ4n) is 1.74. The molecule has 0 radical (unpaired) electrons. The maximum absolute atomic E-state index is 12.7. The molecule has 0 bridgehead atoms. The summed E-state index contributed by atoms with van der Waals surface area (Å²) in [5.41, 5.74) is 1.46. The monoisotopic (exact) mass is 265 g/mol. The van der Waals surface area contributed by atoms with Gasteiger partial charge in [-0.15, -0.1) is 0 Å². The minimum Gasteiger partial charge on any atom is -0.312 e. The topological polar surface area (TPSA) is 29.9 Å². The molecule has 6 heteroatoms. The van der Waals surface area contributed by atoms with Crippen LogP contribution in [-0.2, 0) is 19.4 Å². The second-order valence-corrected chi connectivity index (χ2v) is 4.19. The third-order valence-corrected chi connectivity index (χ3v) is 3.22. The minimum atomic E-state index is -2.42. The van der Waals surface area contributed by atoms with Crippen molar-refractivity contribution in [2.75, 3.05) is 7.05 Å². The van der Waals surface area contributed by atoms with Gasteiger partial charge >= 0.3 is 0 Å². The number of alkyl halides is 2. The van der Waals surface area contributed by atoms with Crippen LogP contribution in [-0.4, -0.2) is 29.3 Å². The highest BCUT2D eigenvalue weighted by atomic mass is 35.5. The molecule has 98 valence electrons. The number of aromatic nitrogens is 2. The van der Waals surface area contributed by atoms with Crippen molar-refractivity contribution in [1.29, 1.82) is 0 Å². The van der Waals surface area contributed by atoms with Crippen molar-refractivity contribution in [2.24, 2.45) is 0 Å². The van der Waals surface area contributed by atoms with E-state index in [4.69, 9.17) is 11.6 Å². The number of nitrogens with one attached hydrogen (secondary N) is 1. The van der Waals surface area contributed by atoms with Crippen LogP contribution in [0.4, 0.5) is 8.78 Å². The molecule has 17 heavy (non-hydrogen) atoms. The lowest BCUT2D eigenvalue weighted by Gasteiger charge is -2.15. The zero-order valence-electron chi connectivity index (χ0n) is 10.3. The highest BCUT2D eigenvalue weighted by Gasteiger charge is 2.23. The lowest BCUT2D eigenvalue weighted by molar-refractivity contribution is 0.101. The Morgan fingerprint density at radius 3 is 2.47 bits per heavy atom. The summed E-state index contributed by atoms with van der Waals surface area (Å²) < 4.78 is 27.1. The Labute approximate surface area is 105 Å². The summed E-state index contributed by atoms with van der Waals surface area (Å²) in [6, 6.07) is -0.890. The molecule has 1 aromatic rings. The number of nitrogens with zero attached hydrogens (tertiary/aromatic N) is 2. The molecule has 1 unspecified atom stereocenters. The molecular formula is C11H18ClF2N3. The molecule has 0 saturated heterocycles. The summed E-state index contributed by atoms with van der Waals surface area (Å²) in [6.07, 6.45) is -1.52. The third kappa shape index (κ3) is 3.16. The summed E-state index contributed by atoms with van der Waals surface area (Å²) in [5, 5.41) is 7.43. The second kappa shape index (κ2) is 6.31. The fraction of sp³-hybridized carbons (Fsp3) is 0.727. The molecule has 1 heterocycles. The third-order valence-electron chi connectivity index (χ3n) is 2.78. The molecule has 0 amide bonds. The van der Waals surface area contributed by atoms with Crippen LogP contribution in [0.1, 0.15) is 25.2 Å². The van der Waals surface area contributed by atoms with Crippen LogP contribution < -0.4 is 5.32 Å². The summed E-state index contributed by atoms with van der Waals surface area (Å²) >= 11 is 6.16. The first-order valence-corrected chi connectivity index (χ1v) is 6.12. The zero-order valence-corrected chi connectivity index (χ0v) is 11.1. The predicted molar refractivity (Wildman–Crippen MR) is 64.8 cm³/mol. The van der Waals surface area contributed by atoms with Gasteiger partial charge in [0.15, 0.2) is 0 Å². The first-order valence-electron chi connectivity index (χ1n) is 5.74. The van der Waals surface area contributed by atoms with Crippen molar-refractivity contribution in [1.82, 2.24) is 15.1 Å². The van der Waals surface area contributed by atoms with E-state index in [1.807, 2.05) is 13.8 Å². The molecule has 1 rings (SSSR count). The average Bonchev–Trinajstić information content (AvgIpc) is 2.62. The van der Waals surface area contributed by atoms with E-state index in [1.165, 1.54) is 7.05 Å². The predicted octanol–water partition coefficient (Wildman–Crippen LogP) is 2.51. The molecule has 0 aliphatic rings. The van der Waals surface area contributed by atoms with Gasteiger partial charge in [0.2, 0.25) is 0 Å². The number of aryl methyl sites for hydroxylation is 2. The first kappa shape index (κ1) is 14.4. The molecule has 1 aromatic heterocycles. The lowest BCUT2D eigenvalue weighted by atomic mass is 10.1. The summed E-state index contributed by atoms with van der Waals surface area (Å²) in [4.78, 5) is 0. The summed E-state index contributed by atoms with van der Waals surface area (Å²) in [5.74, 6) is 0. The minimum absolute atomic E-state index is 0.188. The first-order chi connectivity index (χ1) is 8.04. The molecule has 0 aliphatic carbocycles. The molecule has 1 N–H and O–H groups in total. The Morgan fingerprint density at radius 2 is 2.06 bits per heavy atom. The van der Waals surface area contributed by atoms with E-state index in [1.54, 1.807) is 4.68 Å². The van der Waals surface area contributed by atoms with Crippen molar-refractivity contribution in [2.45, 2.75) is 45.7 Å². The van der Waals surface area contributed by atoms with Crippen molar-refractivity contribution < 1.29 is 8.78 Å². The molecule has 0 fully saturated rings. The van der Waals surface area contributed by atoms with Crippen LogP contribution in [0.5, 0.6) is 0 Å². The van der Waals surface area contributed by atoms with E-state index in [9.17, 15) is 8.78 Å². The fourth-order valence-corrected chi connectivity index (χ4v) is 2.08. The number of hydrogen-bond acceptors (Lipinski definition) is 2. The van der Waals surface area contributed by atoms with Gasteiger partial charge in [0, 0.05) is 13.0 Å². The van der Waals surface area contributed by atoms with Gasteiger partial charge in [-0.1, -0.05) is 18.5 Å². The van der Waals surface area contributed by atoms with Gasteiger partial charge in [0.25, 0.3) is 6.43 Å². The molecule has 0 aliphatic heterocycles. The molecular weight excluding hydrogens is 248 g/mol.